The highest BCUT2D eigenvalue weighted by Gasteiger charge is 2.48. The summed E-state index contributed by atoms with van der Waals surface area (Å²) in [7, 11) is 0. The first-order valence-corrected chi connectivity index (χ1v) is 9.54. The Morgan fingerprint density at radius 1 is 1.32 bits per heavy atom. The number of rotatable bonds is 5. The summed E-state index contributed by atoms with van der Waals surface area (Å²) < 4.78 is 11.9. The first kappa shape index (κ1) is 16.7. The maximum Gasteiger partial charge on any atom is 0.232 e. The molecule has 7 nitrogen and oxygen atoms in total. The fraction of sp³-hybridized carbons (Fsp3) is 0.647. The summed E-state index contributed by atoms with van der Waals surface area (Å²) in [6.07, 6.45) is 6.62. The zero-order chi connectivity index (χ0) is 17.3. The van der Waals surface area contributed by atoms with Crippen LogP contribution < -0.4 is 9.64 Å². The van der Waals surface area contributed by atoms with Crippen LogP contribution in [0.3, 0.4) is 0 Å². The third-order valence-corrected chi connectivity index (χ3v) is 5.75. The number of anilines is 1. The molecule has 2 fully saturated rings. The van der Waals surface area contributed by atoms with E-state index in [4.69, 9.17) is 9.47 Å². The lowest BCUT2D eigenvalue weighted by molar-refractivity contribution is -0.115. The Labute approximate surface area is 151 Å². The average molecular weight is 361 g/mol. The van der Waals surface area contributed by atoms with E-state index in [-0.39, 0.29) is 5.60 Å². The van der Waals surface area contributed by atoms with Crippen molar-refractivity contribution in [1.29, 1.82) is 0 Å². The maximum atomic E-state index is 6.12. The molecule has 1 atom stereocenters. The van der Waals surface area contributed by atoms with Gasteiger partial charge in [0, 0.05) is 12.8 Å². The number of ether oxygens (including phenoxy) is 2. The summed E-state index contributed by atoms with van der Waals surface area (Å²) in [5, 5.41) is 10.4. The van der Waals surface area contributed by atoms with Crippen LogP contribution in [0.25, 0.3) is 0 Å². The Hall–Kier alpha value is -1.80. The molecule has 2 aliphatic heterocycles. The van der Waals surface area contributed by atoms with Gasteiger partial charge in [-0.3, -0.25) is 4.98 Å². The van der Waals surface area contributed by atoms with E-state index in [1.807, 2.05) is 13.8 Å². The van der Waals surface area contributed by atoms with E-state index < -0.39 is 0 Å². The van der Waals surface area contributed by atoms with Crippen molar-refractivity contribution in [2.24, 2.45) is 5.92 Å². The largest absolute Gasteiger partial charge is 0.477 e. The fourth-order valence-corrected chi connectivity index (χ4v) is 4.32. The molecule has 4 rings (SSSR count). The van der Waals surface area contributed by atoms with Crippen molar-refractivity contribution in [3.63, 3.8) is 0 Å². The minimum Gasteiger partial charge on any atom is -0.477 e. The van der Waals surface area contributed by atoms with Gasteiger partial charge in [-0.25, -0.2) is 4.98 Å². The second-order valence-electron chi connectivity index (χ2n) is 6.99. The zero-order valence-electron chi connectivity index (χ0n) is 14.6. The standard InChI is InChI=1S/C17H23N5O2S/c1-12-8-18-9-15(19-12)23-5-3-14-4-6-24-17(7-14)10-22(11-17)16-21-20-13(2)25-16/h8-9,14H,3-7,10-11H2,1-2H3/t14-/m1/s1. The van der Waals surface area contributed by atoms with Gasteiger partial charge in [-0.05, 0) is 39.0 Å². The van der Waals surface area contributed by atoms with Gasteiger partial charge >= 0.3 is 0 Å². The van der Waals surface area contributed by atoms with Crippen molar-refractivity contribution in [1.82, 2.24) is 20.2 Å². The number of aryl methyl sites for hydroxylation is 2. The van der Waals surface area contributed by atoms with Crippen molar-refractivity contribution in [3.05, 3.63) is 23.1 Å². The summed E-state index contributed by atoms with van der Waals surface area (Å²) in [5.74, 6) is 1.24. The molecule has 2 aromatic heterocycles. The van der Waals surface area contributed by atoms with E-state index in [1.54, 1.807) is 23.7 Å². The Morgan fingerprint density at radius 3 is 2.96 bits per heavy atom. The summed E-state index contributed by atoms with van der Waals surface area (Å²) in [5.41, 5.74) is 0.870. The van der Waals surface area contributed by atoms with Crippen molar-refractivity contribution in [2.45, 2.75) is 38.7 Å². The molecule has 2 aromatic rings. The van der Waals surface area contributed by atoms with Gasteiger partial charge < -0.3 is 14.4 Å². The quantitative estimate of drug-likeness (QED) is 0.809. The van der Waals surface area contributed by atoms with Crippen molar-refractivity contribution < 1.29 is 9.47 Å². The van der Waals surface area contributed by atoms with Gasteiger partial charge in [0.25, 0.3) is 0 Å². The first-order valence-electron chi connectivity index (χ1n) is 8.72. The second-order valence-corrected chi connectivity index (χ2v) is 8.15. The fourth-order valence-electron chi connectivity index (χ4n) is 3.63. The van der Waals surface area contributed by atoms with Gasteiger partial charge in [0.05, 0.1) is 31.6 Å². The molecule has 1 spiro atoms. The van der Waals surface area contributed by atoms with Gasteiger partial charge in [0.1, 0.15) is 10.6 Å². The molecule has 4 heterocycles. The summed E-state index contributed by atoms with van der Waals surface area (Å²) in [4.78, 5) is 10.7. The normalized spacial score (nSPS) is 22.0. The van der Waals surface area contributed by atoms with Crippen LogP contribution in [-0.4, -0.2) is 52.1 Å². The van der Waals surface area contributed by atoms with Crippen LogP contribution in [-0.2, 0) is 4.74 Å². The lowest BCUT2D eigenvalue weighted by Gasteiger charge is -2.53. The molecular weight excluding hydrogens is 338 g/mol. The van der Waals surface area contributed by atoms with Crippen LogP contribution in [0.5, 0.6) is 5.88 Å². The molecule has 2 aliphatic rings. The summed E-state index contributed by atoms with van der Waals surface area (Å²) >= 11 is 1.65. The lowest BCUT2D eigenvalue weighted by Crippen LogP contribution is -2.65. The third-order valence-electron chi connectivity index (χ3n) is 4.85. The molecule has 0 aliphatic carbocycles. The van der Waals surface area contributed by atoms with Crippen LogP contribution in [0, 0.1) is 19.8 Å². The molecule has 25 heavy (non-hydrogen) atoms. The van der Waals surface area contributed by atoms with E-state index in [0.717, 1.165) is 54.8 Å². The van der Waals surface area contributed by atoms with Crippen LogP contribution in [0.2, 0.25) is 0 Å². The highest BCUT2D eigenvalue weighted by Crippen LogP contribution is 2.40. The molecule has 0 radical (unpaired) electrons. The Morgan fingerprint density at radius 2 is 2.20 bits per heavy atom. The van der Waals surface area contributed by atoms with E-state index in [2.05, 4.69) is 25.1 Å². The maximum absolute atomic E-state index is 6.12. The zero-order valence-corrected chi connectivity index (χ0v) is 15.5. The van der Waals surface area contributed by atoms with E-state index >= 15 is 0 Å². The summed E-state index contributed by atoms with van der Waals surface area (Å²) in [6, 6.07) is 0. The molecule has 0 aromatic carbocycles. The molecule has 0 bridgehead atoms. The first-order chi connectivity index (χ1) is 12.1. The van der Waals surface area contributed by atoms with Gasteiger partial charge in [-0.2, -0.15) is 0 Å². The predicted octanol–water partition coefficient (Wildman–Crippen LogP) is 2.40. The number of nitrogens with zero attached hydrogens (tertiary/aromatic N) is 5. The minimum absolute atomic E-state index is 0.00830. The number of hydrogen-bond donors (Lipinski definition) is 0. The van der Waals surface area contributed by atoms with Gasteiger partial charge in [-0.1, -0.05) is 11.3 Å². The van der Waals surface area contributed by atoms with Gasteiger partial charge in [0.2, 0.25) is 11.0 Å². The Balaban J connectivity index is 1.26. The molecule has 134 valence electrons. The van der Waals surface area contributed by atoms with Crippen LogP contribution in [0.4, 0.5) is 5.13 Å². The number of hydrogen-bond acceptors (Lipinski definition) is 8. The Bertz CT molecular complexity index is 731. The highest BCUT2D eigenvalue weighted by atomic mass is 32.1. The molecule has 0 N–H and O–H groups in total. The third kappa shape index (κ3) is 3.74. The van der Waals surface area contributed by atoms with Crippen LogP contribution >= 0.6 is 11.3 Å². The smallest absolute Gasteiger partial charge is 0.232 e. The summed E-state index contributed by atoms with van der Waals surface area (Å²) in [6.45, 7) is 7.26. The van der Waals surface area contributed by atoms with Crippen LogP contribution in [0.15, 0.2) is 12.4 Å². The van der Waals surface area contributed by atoms with E-state index in [0.29, 0.717) is 18.4 Å². The topological polar surface area (TPSA) is 73.3 Å². The van der Waals surface area contributed by atoms with Crippen molar-refractivity contribution in [2.75, 3.05) is 31.2 Å². The minimum atomic E-state index is -0.00830. The highest BCUT2D eigenvalue weighted by molar-refractivity contribution is 7.15. The average Bonchev–Trinajstić information content (AvgIpc) is 2.99. The van der Waals surface area contributed by atoms with E-state index in [1.165, 1.54) is 0 Å². The lowest BCUT2D eigenvalue weighted by atomic mass is 9.79. The molecule has 0 amide bonds. The van der Waals surface area contributed by atoms with Crippen molar-refractivity contribution >= 4 is 16.5 Å². The SMILES string of the molecule is Cc1cncc(OCC[C@@H]2CCOC3(C2)CN(c2nnc(C)s2)C3)n1. The second kappa shape index (κ2) is 6.84. The molecular formula is C17H23N5O2S. The number of aromatic nitrogens is 4. The van der Waals surface area contributed by atoms with Crippen molar-refractivity contribution in [3.8, 4) is 5.88 Å². The molecule has 0 unspecified atom stereocenters. The van der Waals surface area contributed by atoms with Gasteiger partial charge in [-0.15, -0.1) is 10.2 Å². The van der Waals surface area contributed by atoms with E-state index in [9.17, 15) is 0 Å². The predicted molar refractivity (Wildman–Crippen MR) is 95.1 cm³/mol. The van der Waals surface area contributed by atoms with Crippen LogP contribution in [0.1, 0.15) is 30.0 Å². The molecule has 0 saturated carbocycles. The Kier molecular flexibility index (Phi) is 4.56. The van der Waals surface area contributed by atoms with Gasteiger partial charge in [0.15, 0.2) is 0 Å². The monoisotopic (exact) mass is 361 g/mol. The molecule has 8 heteroatoms. The molecule has 2 saturated heterocycles.